The van der Waals surface area contributed by atoms with Gasteiger partial charge in [-0.15, -0.1) is 0 Å². The number of halogens is 2. The number of carbonyl (C=O) groups is 1. The van der Waals surface area contributed by atoms with Crippen molar-refractivity contribution >= 4 is 29.3 Å². The Hall–Kier alpha value is -1.71. The molecule has 2 unspecified atom stereocenters. The highest BCUT2D eigenvalue weighted by molar-refractivity contribution is 6.30. The zero-order chi connectivity index (χ0) is 14.1. The maximum atomic E-state index is 11.6. The van der Waals surface area contributed by atoms with Gasteiger partial charge in [-0.1, -0.05) is 47.5 Å². The first-order valence-corrected chi connectivity index (χ1v) is 6.87. The third-order valence-electron chi connectivity index (χ3n) is 3.22. The second-order valence-electron chi connectivity index (χ2n) is 4.55. The van der Waals surface area contributed by atoms with Crippen LogP contribution >= 0.6 is 23.2 Å². The third kappa shape index (κ3) is 2.60. The van der Waals surface area contributed by atoms with Crippen LogP contribution in [0, 0.1) is 0 Å². The molecule has 2 aromatic carbocycles. The molecule has 1 heterocycles. The Kier molecular flexibility index (Phi) is 3.55. The molecule has 0 bridgehead atoms. The number of nitrogens with one attached hydrogen (secondary N) is 1. The summed E-state index contributed by atoms with van der Waals surface area (Å²) in [5.41, 5.74) is 1.79. The van der Waals surface area contributed by atoms with Crippen LogP contribution in [0.25, 0.3) is 0 Å². The summed E-state index contributed by atoms with van der Waals surface area (Å²) in [6.45, 7) is 0. The fourth-order valence-electron chi connectivity index (χ4n) is 2.29. The summed E-state index contributed by atoms with van der Waals surface area (Å²) in [5.74, 6) is 0. The SMILES string of the molecule is O=C1NC(c2ccc(Cl)cc2)C(c2cccc(Cl)c2)O1. The Balaban J connectivity index is 1.96. The van der Waals surface area contributed by atoms with Gasteiger partial charge in [-0.2, -0.15) is 0 Å². The number of alkyl carbamates (subject to hydrolysis) is 1. The lowest BCUT2D eigenvalue weighted by atomic mass is 9.97. The van der Waals surface area contributed by atoms with Crippen LogP contribution in [0.15, 0.2) is 48.5 Å². The smallest absolute Gasteiger partial charge is 0.408 e. The molecule has 102 valence electrons. The molecule has 2 aromatic rings. The van der Waals surface area contributed by atoms with Crippen molar-refractivity contribution in [3.05, 3.63) is 69.7 Å². The fraction of sp³-hybridized carbons (Fsp3) is 0.133. The molecule has 1 saturated heterocycles. The van der Waals surface area contributed by atoms with Crippen LogP contribution in [0.5, 0.6) is 0 Å². The van der Waals surface area contributed by atoms with Crippen molar-refractivity contribution in [1.29, 1.82) is 0 Å². The first-order chi connectivity index (χ1) is 9.63. The van der Waals surface area contributed by atoms with E-state index in [-0.39, 0.29) is 6.04 Å². The van der Waals surface area contributed by atoms with Crippen molar-refractivity contribution < 1.29 is 9.53 Å². The Labute approximate surface area is 126 Å². The van der Waals surface area contributed by atoms with Crippen LogP contribution in [0.4, 0.5) is 4.79 Å². The number of carbonyl (C=O) groups excluding carboxylic acids is 1. The molecular weight excluding hydrogens is 297 g/mol. The van der Waals surface area contributed by atoms with E-state index >= 15 is 0 Å². The quantitative estimate of drug-likeness (QED) is 0.886. The summed E-state index contributed by atoms with van der Waals surface area (Å²) in [5, 5.41) is 4.07. The van der Waals surface area contributed by atoms with E-state index in [2.05, 4.69) is 5.32 Å². The standard InChI is InChI=1S/C15H11Cl2NO2/c16-11-6-4-9(5-7-11)13-14(20-15(19)18-13)10-2-1-3-12(17)8-10/h1-8,13-14H,(H,18,19). The Morgan fingerprint density at radius 1 is 0.950 bits per heavy atom. The van der Waals surface area contributed by atoms with Crippen LogP contribution in [-0.2, 0) is 4.74 Å². The second kappa shape index (κ2) is 5.35. The Morgan fingerprint density at radius 3 is 2.40 bits per heavy atom. The van der Waals surface area contributed by atoms with E-state index in [0.717, 1.165) is 11.1 Å². The number of cyclic esters (lactones) is 1. The fourth-order valence-corrected chi connectivity index (χ4v) is 2.62. The molecule has 20 heavy (non-hydrogen) atoms. The van der Waals surface area contributed by atoms with Crippen LogP contribution < -0.4 is 5.32 Å². The summed E-state index contributed by atoms with van der Waals surface area (Å²) in [4.78, 5) is 11.6. The number of ether oxygens (including phenoxy) is 1. The lowest BCUT2D eigenvalue weighted by Crippen LogP contribution is -2.19. The van der Waals surface area contributed by atoms with Gasteiger partial charge in [0, 0.05) is 10.0 Å². The summed E-state index contributed by atoms with van der Waals surface area (Å²) in [7, 11) is 0. The Bertz CT molecular complexity index is 643. The summed E-state index contributed by atoms with van der Waals surface area (Å²) in [6.07, 6.45) is -0.836. The van der Waals surface area contributed by atoms with Gasteiger partial charge in [-0.3, -0.25) is 0 Å². The molecule has 0 radical (unpaired) electrons. The van der Waals surface area contributed by atoms with Gasteiger partial charge in [0.25, 0.3) is 0 Å². The highest BCUT2D eigenvalue weighted by atomic mass is 35.5. The normalized spacial score (nSPS) is 21.4. The number of hydrogen-bond donors (Lipinski definition) is 1. The number of rotatable bonds is 2. The average molecular weight is 308 g/mol. The minimum atomic E-state index is -0.435. The maximum absolute atomic E-state index is 11.6. The minimum absolute atomic E-state index is 0.252. The van der Waals surface area contributed by atoms with Gasteiger partial charge in [0.1, 0.15) is 0 Å². The van der Waals surface area contributed by atoms with E-state index in [0.29, 0.717) is 10.0 Å². The van der Waals surface area contributed by atoms with Crippen molar-refractivity contribution in [3.8, 4) is 0 Å². The zero-order valence-electron chi connectivity index (χ0n) is 10.3. The topological polar surface area (TPSA) is 38.3 Å². The molecule has 2 atom stereocenters. The van der Waals surface area contributed by atoms with Crippen molar-refractivity contribution in [2.24, 2.45) is 0 Å². The average Bonchev–Trinajstić information content (AvgIpc) is 2.82. The first-order valence-electron chi connectivity index (χ1n) is 6.11. The van der Waals surface area contributed by atoms with Crippen LogP contribution in [0.2, 0.25) is 10.0 Å². The van der Waals surface area contributed by atoms with Gasteiger partial charge in [0.05, 0.1) is 6.04 Å². The number of benzene rings is 2. The third-order valence-corrected chi connectivity index (χ3v) is 3.70. The van der Waals surface area contributed by atoms with Crippen molar-refractivity contribution in [2.75, 3.05) is 0 Å². The molecule has 1 aliphatic rings. The van der Waals surface area contributed by atoms with E-state index in [4.69, 9.17) is 27.9 Å². The van der Waals surface area contributed by atoms with Crippen LogP contribution in [-0.4, -0.2) is 6.09 Å². The molecule has 0 spiro atoms. The Morgan fingerprint density at radius 2 is 1.70 bits per heavy atom. The van der Waals surface area contributed by atoms with E-state index in [1.165, 1.54) is 0 Å². The molecule has 3 nitrogen and oxygen atoms in total. The zero-order valence-corrected chi connectivity index (χ0v) is 11.9. The molecule has 1 aliphatic heterocycles. The van der Waals surface area contributed by atoms with Crippen molar-refractivity contribution in [2.45, 2.75) is 12.1 Å². The monoisotopic (exact) mass is 307 g/mol. The van der Waals surface area contributed by atoms with Gasteiger partial charge in [-0.05, 0) is 35.4 Å². The molecule has 0 saturated carbocycles. The van der Waals surface area contributed by atoms with E-state index in [1.54, 1.807) is 24.3 Å². The van der Waals surface area contributed by atoms with Gasteiger partial charge < -0.3 is 10.1 Å². The van der Waals surface area contributed by atoms with E-state index < -0.39 is 12.2 Å². The summed E-state index contributed by atoms with van der Waals surface area (Å²) >= 11 is 11.9. The lowest BCUT2D eigenvalue weighted by Gasteiger charge is -2.17. The number of amides is 1. The van der Waals surface area contributed by atoms with Crippen molar-refractivity contribution in [1.82, 2.24) is 5.32 Å². The van der Waals surface area contributed by atoms with E-state index in [1.807, 2.05) is 24.3 Å². The van der Waals surface area contributed by atoms with E-state index in [9.17, 15) is 4.79 Å². The lowest BCUT2D eigenvalue weighted by molar-refractivity contribution is 0.132. The minimum Gasteiger partial charge on any atom is -0.439 e. The van der Waals surface area contributed by atoms with Gasteiger partial charge >= 0.3 is 6.09 Å². The number of hydrogen-bond acceptors (Lipinski definition) is 2. The molecule has 5 heteroatoms. The highest BCUT2D eigenvalue weighted by Crippen LogP contribution is 2.37. The molecule has 1 N–H and O–H groups in total. The predicted molar refractivity (Wildman–Crippen MR) is 78.0 cm³/mol. The van der Waals surface area contributed by atoms with Gasteiger partial charge in [-0.25, -0.2) is 4.79 Å². The highest BCUT2D eigenvalue weighted by Gasteiger charge is 2.36. The van der Waals surface area contributed by atoms with Crippen LogP contribution in [0.3, 0.4) is 0 Å². The summed E-state index contributed by atoms with van der Waals surface area (Å²) in [6, 6.07) is 14.4. The van der Waals surface area contributed by atoms with Gasteiger partial charge in [0.15, 0.2) is 6.10 Å². The molecule has 1 amide bonds. The molecule has 1 fully saturated rings. The molecule has 0 aliphatic carbocycles. The molecule has 0 aromatic heterocycles. The van der Waals surface area contributed by atoms with Gasteiger partial charge in [0.2, 0.25) is 0 Å². The van der Waals surface area contributed by atoms with Crippen molar-refractivity contribution in [3.63, 3.8) is 0 Å². The van der Waals surface area contributed by atoms with Crippen LogP contribution in [0.1, 0.15) is 23.3 Å². The molecule has 3 rings (SSSR count). The largest absolute Gasteiger partial charge is 0.439 e. The summed E-state index contributed by atoms with van der Waals surface area (Å²) < 4.78 is 5.36. The second-order valence-corrected chi connectivity index (χ2v) is 5.43. The maximum Gasteiger partial charge on any atom is 0.408 e. The molecular formula is C15H11Cl2NO2. The first kappa shape index (κ1) is 13.3. The predicted octanol–water partition coefficient (Wildman–Crippen LogP) is 4.52.